The number of rotatable bonds is 24. The molecule has 6 rings (SSSR count). The topological polar surface area (TPSA) is 281 Å². The van der Waals surface area contributed by atoms with Gasteiger partial charge in [0.15, 0.2) is 0 Å². The van der Waals surface area contributed by atoms with Gasteiger partial charge >= 0.3 is 0 Å². The molecular formula is C50H67N17O8. The lowest BCUT2D eigenvalue weighted by Crippen LogP contribution is -2.34. The van der Waals surface area contributed by atoms with Gasteiger partial charge in [-0.05, 0) is 90.5 Å². The Bertz CT molecular complexity index is 2880. The summed E-state index contributed by atoms with van der Waals surface area (Å²) < 4.78 is 9.43. The van der Waals surface area contributed by atoms with Crippen LogP contribution in [-0.2, 0) is 51.9 Å². The van der Waals surface area contributed by atoms with Gasteiger partial charge in [0.25, 0.3) is 35.4 Å². The minimum absolute atomic E-state index is 0.213. The van der Waals surface area contributed by atoms with E-state index in [0.717, 1.165) is 25.9 Å². The Kier molecular flexibility index (Phi) is 18.4. The third-order valence-corrected chi connectivity index (χ3v) is 11.7. The Hall–Kier alpha value is -8.68. The number of aryl methyl sites for hydroxylation is 6. The van der Waals surface area contributed by atoms with Gasteiger partial charge in [-0.25, -0.2) is 0 Å². The first-order chi connectivity index (χ1) is 35.5. The summed E-state index contributed by atoms with van der Waals surface area (Å²) in [6.07, 6.45) is 11.1. The molecule has 75 heavy (non-hydrogen) atoms. The fourth-order valence-corrected chi connectivity index (χ4v) is 8.01. The van der Waals surface area contributed by atoms with Crippen LogP contribution in [0.5, 0.6) is 0 Å². The highest BCUT2D eigenvalue weighted by atomic mass is 16.2. The van der Waals surface area contributed by atoms with Crippen molar-refractivity contribution in [2.24, 2.45) is 42.3 Å². The summed E-state index contributed by atoms with van der Waals surface area (Å²) in [6, 6.07) is 9.19. The normalized spacial score (nSPS) is 11.1. The molecule has 0 aliphatic carbocycles. The van der Waals surface area contributed by atoms with E-state index in [1.54, 1.807) is 110 Å². The van der Waals surface area contributed by atoms with E-state index >= 15 is 0 Å². The molecule has 0 saturated heterocycles. The number of hydrogen-bond acceptors (Lipinski definition) is 11. The summed E-state index contributed by atoms with van der Waals surface area (Å²) >= 11 is 0. The van der Waals surface area contributed by atoms with Gasteiger partial charge in [-0.3, -0.25) is 43.7 Å². The number of amides is 8. The molecule has 0 aliphatic rings. The second-order valence-electron chi connectivity index (χ2n) is 18.7. The zero-order valence-electron chi connectivity index (χ0n) is 43.9. The number of nitrogens with one attached hydrogen (secondary N) is 9. The molecule has 400 valence electrons. The summed E-state index contributed by atoms with van der Waals surface area (Å²) in [5.74, 6) is -3.38. The highest BCUT2D eigenvalue weighted by molar-refractivity contribution is 6.09. The van der Waals surface area contributed by atoms with E-state index < -0.39 is 35.4 Å². The molecule has 6 heterocycles. The van der Waals surface area contributed by atoms with Crippen molar-refractivity contribution in [3.05, 3.63) is 108 Å². The van der Waals surface area contributed by atoms with Gasteiger partial charge in [0.1, 0.15) is 34.2 Å². The third kappa shape index (κ3) is 15.2. The summed E-state index contributed by atoms with van der Waals surface area (Å²) in [6.45, 7) is 2.21. The molecule has 6 aromatic rings. The summed E-state index contributed by atoms with van der Waals surface area (Å²) in [5.41, 5.74) is 3.91. The van der Waals surface area contributed by atoms with E-state index in [4.69, 9.17) is 0 Å². The van der Waals surface area contributed by atoms with Crippen molar-refractivity contribution in [3.8, 4) is 0 Å². The van der Waals surface area contributed by atoms with Crippen molar-refractivity contribution in [3.63, 3.8) is 0 Å². The van der Waals surface area contributed by atoms with Crippen LogP contribution >= 0.6 is 0 Å². The van der Waals surface area contributed by atoms with Crippen molar-refractivity contribution in [1.29, 1.82) is 0 Å². The Morgan fingerprint density at radius 2 is 0.587 bits per heavy atom. The largest absolute Gasteiger partial charge is 0.351 e. The van der Waals surface area contributed by atoms with Gasteiger partial charge in [-0.15, -0.1) is 0 Å². The maximum atomic E-state index is 13.3. The Labute approximate surface area is 433 Å². The molecule has 25 nitrogen and oxygen atoms in total. The van der Waals surface area contributed by atoms with Crippen LogP contribution in [0, 0.1) is 0 Å². The first kappa shape index (κ1) is 55.6. The van der Waals surface area contributed by atoms with Crippen LogP contribution in [0.1, 0.15) is 75.8 Å². The maximum absolute atomic E-state index is 13.3. The highest BCUT2D eigenvalue weighted by Gasteiger charge is 2.22. The molecule has 0 unspecified atom stereocenters. The lowest BCUT2D eigenvalue weighted by atomic mass is 10.3. The Morgan fingerprint density at radius 3 is 0.827 bits per heavy atom. The van der Waals surface area contributed by atoms with E-state index in [1.165, 1.54) is 33.4 Å². The minimum atomic E-state index is -0.501. The Balaban J connectivity index is 0.925. The summed E-state index contributed by atoms with van der Waals surface area (Å²) in [4.78, 5) is 108. The maximum Gasteiger partial charge on any atom is 0.272 e. The number of hydrogen-bond donors (Lipinski definition) is 9. The van der Waals surface area contributed by atoms with Crippen molar-refractivity contribution < 1.29 is 38.4 Å². The van der Waals surface area contributed by atoms with Gasteiger partial charge in [0, 0.05) is 92.6 Å². The average molecular weight is 1030 g/mol. The molecule has 0 fully saturated rings. The van der Waals surface area contributed by atoms with Crippen LogP contribution in [-0.4, -0.2) is 152 Å². The summed E-state index contributed by atoms with van der Waals surface area (Å²) in [7, 11) is 17.9. The van der Waals surface area contributed by atoms with Crippen molar-refractivity contribution in [2.75, 3.05) is 99.4 Å². The van der Waals surface area contributed by atoms with Gasteiger partial charge in [-0.2, -0.15) is 0 Å². The van der Waals surface area contributed by atoms with Crippen molar-refractivity contribution in [2.45, 2.75) is 12.8 Å². The predicted octanol–water partition coefficient (Wildman–Crippen LogP) is 2.26. The second-order valence-corrected chi connectivity index (χ2v) is 18.7. The molecule has 0 bridgehead atoms. The predicted molar refractivity (Wildman–Crippen MR) is 285 cm³/mol. The Morgan fingerprint density at radius 1 is 0.360 bits per heavy atom. The van der Waals surface area contributed by atoms with Gasteiger partial charge in [0.2, 0.25) is 11.8 Å². The first-order valence-electron chi connectivity index (χ1n) is 23.9. The van der Waals surface area contributed by atoms with E-state index in [-0.39, 0.29) is 47.7 Å². The number of carbonyl (C=O) groups excluding carboxylic acids is 8. The minimum Gasteiger partial charge on any atom is -0.351 e. The molecular weight excluding hydrogens is 967 g/mol. The number of anilines is 6. The monoisotopic (exact) mass is 1030 g/mol. The van der Waals surface area contributed by atoms with Crippen molar-refractivity contribution >= 4 is 81.4 Å². The van der Waals surface area contributed by atoms with Gasteiger partial charge in [0.05, 0.1) is 47.2 Å². The number of aromatic nitrogens is 6. The molecule has 0 aliphatic heterocycles. The van der Waals surface area contributed by atoms with Crippen LogP contribution in [0.4, 0.5) is 34.1 Å². The number of carbonyl (C=O) groups is 8. The standard InChI is InChI=1S/C50H67N17O8/c1-60(2)15-11-13-52-45(70)37-19-33(27-62(37)5)56-49(74)41-21-35(29-66(41)9)58-47(72)39-17-31(25-64(39)7)54-43(68)23-51-24-44(69)55-32-18-40(65(8)26-32)48(73)59-36-22-42(67(10)30-36)50(75)57-34-20-38(63(6)28-34)46(71)53-14-12-16-61(3)4/h17-22,25-30,51H,11-16,23-24H2,1-10H3,(H,52,70)(H,53,71)(H,54,68)(H,55,69)(H,56,74)(H,57,75)(H,58,72)(H,59,73). The SMILES string of the molecule is CN(C)CCCNC(=O)c1cc(NC(=O)c2cc(NC(=O)c3cc(NC(=O)CNCC(=O)Nc4cc(C(=O)Nc5cc(C(=O)Nc6cc(C(=O)NCCCN(C)C)n(C)c6)n(C)c5)n(C)c4)cn3C)cn2C)cn1C. The lowest BCUT2D eigenvalue weighted by Gasteiger charge is -2.10. The highest BCUT2D eigenvalue weighted by Crippen LogP contribution is 2.22. The third-order valence-electron chi connectivity index (χ3n) is 11.7. The zero-order valence-corrected chi connectivity index (χ0v) is 43.9. The lowest BCUT2D eigenvalue weighted by molar-refractivity contribution is -0.116. The van der Waals surface area contributed by atoms with Crippen LogP contribution in [0.15, 0.2) is 73.6 Å². The molecule has 9 N–H and O–H groups in total. The van der Waals surface area contributed by atoms with E-state index in [9.17, 15) is 38.4 Å². The van der Waals surface area contributed by atoms with Gasteiger partial charge < -0.3 is 79.7 Å². The molecule has 0 spiro atoms. The smallest absolute Gasteiger partial charge is 0.272 e. The molecule has 25 heteroatoms. The quantitative estimate of drug-likeness (QED) is 0.0397. The van der Waals surface area contributed by atoms with E-state index in [1.807, 2.05) is 38.0 Å². The fourth-order valence-electron chi connectivity index (χ4n) is 8.01. The van der Waals surface area contributed by atoms with E-state index in [0.29, 0.717) is 58.6 Å². The van der Waals surface area contributed by atoms with Crippen LogP contribution in [0.2, 0.25) is 0 Å². The molecule has 0 radical (unpaired) electrons. The van der Waals surface area contributed by atoms with Crippen LogP contribution in [0.3, 0.4) is 0 Å². The molecule has 0 aromatic carbocycles. The van der Waals surface area contributed by atoms with E-state index in [2.05, 4.69) is 47.9 Å². The van der Waals surface area contributed by atoms with Crippen LogP contribution in [0.25, 0.3) is 0 Å². The fraction of sp³-hybridized carbons (Fsp3) is 0.360. The molecule has 6 aromatic heterocycles. The molecule has 0 atom stereocenters. The molecule has 8 amide bonds. The first-order valence-corrected chi connectivity index (χ1v) is 23.9. The van der Waals surface area contributed by atoms with Crippen molar-refractivity contribution in [1.82, 2.24) is 53.2 Å². The average Bonchev–Trinajstić information content (AvgIpc) is 4.20. The number of nitrogens with zero attached hydrogens (tertiary/aromatic N) is 8. The summed E-state index contributed by atoms with van der Waals surface area (Å²) in [5, 5.41) is 25.1. The second kappa shape index (κ2) is 24.8. The zero-order chi connectivity index (χ0) is 54.7. The van der Waals surface area contributed by atoms with Crippen LogP contribution < -0.4 is 47.9 Å². The molecule has 0 saturated carbocycles. The van der Waals surface area contributed by atoms with Gasteiger partial charge in [-0.1, -0.05) is 0 Å².